The summed E-state index contributed by atoms with van der Waals surface area (Å²) in [5.74, 6) is 0.582. The van der Waals surface area contributed by atoms with E-state index in [-0.39, 0.29) is 12.1 Å². The molecule has 1 aromatic rings. The minimum Gasteiger partial charge on any atom is -0.396 e. The Hall–Kier alpha value is -0.860. The van der Waals surface area contributed by atoms with Crippen LogP contribution in [-0.4, -0.2) is 23.8 Å². The molecule has 0 saturated heterocycles. The maximum Gasteiger partial charge on any atom is 0.0448 e. The summed E-state index contributed by atoms with van der Waals surface area (Å²) in [7, 11) is 0. The van der Waals surface area contributed by atoms with E-state index in [0.29, 0.717) is 5.92 Å². The number of nitrogens with one attached hydrogen (secondary N) is 1. The lowest BCUT2D eigenvalue weighted by Crippen LogP contribution is -2.41. The van der Waals surface area contributed by atoms with Gasteiger partial charge in [-0.1, -0.05) is 32.0 Å². The molecule has 0 fully saturated rings. The summed E-state index contributed by atoms with van der Waals surface area (Å²) < 4.78 is 0. The fraction of sp³-hybridized carbons (Fsp3) is 0.647. The molecule has 19 heavy (non-hydrogen) atoms. The molecule has 0 spiro atoms. The standard InChI is InChI=1S/C17H29NO/c1-13(2)15-7-6-14(3)16(12-15)8-10-18-17(4,5)9-11-19/h6-7,12-13,18-19H,8-11H2,1-5H3. The van der Waals surface area contributed by atoms with E-state index < -0.39 is 0 Å². The first kappa shape index (κ1) is 16.2. The number of benzene rings is 1. The van der Waals surface area contributed by atoms with E-state index in [1.165, 1.54) is 16.7 Å². The van der Waals surface area contributed by atoms with Gasteiger partial charge in [0.2, 0.25) is 0 Å². The topological polar surface area (TPSA) is 32.3 Å². The number of hydrogen-bond acceptors (Lipinski definition) is 2. The highest BCUT2D eigenvalue weighted by molar-refractivity contribution is 5.32. The molecule has 0 atom stereocenters. The average Bonchev–Trinajstić information content (AvgIpc) is 2.30. The first-order valence-corrected chi connectivity index (χ1v) is 7.31. The van der Waals surface area contributed by atoms with Gasteiger partial charge in [0.05, 0.1) is 0 Å². The third-order valence-electron chi connectivity index (χ3n) is 3.77. The molecule has 0 unspecified atom stereocenters. The molecule has 0 amide bonds. The van der Waals surface area contributed by atoms with E-state index in [2.05, 4.69) is 58.1 Å². The normalized spacial score (nSPS) is 12.2. The van der Waals surface area contributed by atoms with Crippen molar-refractivity contribution in [3.05, 3.63) is 34.9 Å². The lowest BCUT2D eigenvalue weighted by atomic mass is 9.95. The van der Waals surface area contributed by atoms with Crippen LogP contribution < -0.4 is 5.32 Å². The van der Waals surface area contributed by atoms with Crippen molar-refractivity contribution in [2.45, 2.75) is 58.9 Å². The fourth-order valence-corrected chi connectivity index (χ4v) is 2.22. The van der Waals surface area contributed by atoms with Crippen molar-refractivity contribution in [3.63, 3.8) is 0 Å². The van der Waals surface area contributed by atoms with Crippen molar-refractivity contribution in [1.82, 2.24) is 5.32 Å². The number of aryl methyl sites for hydroxylation is 1. The van der Waals surface area contributed by atoms with Crippen LogP contribution in [0.4, 0.5) is 0 Å². The van der Waals surface area contributed by atoms with E-state index in [1.54, 1.807) is 0 Å². The molecule has 108 valence electrons. The van der Waals surface area contributed by atoms with Gasteiger partial charge in [-0.2, -0.15) is 0 Å². The monoisotopic (exact) mass is 263 g/mol. The van der Waals surface area contributed by atoms with E-state index >= 15 is 0 Å². The van der Waals surface area contributed by atoms with Crippen LogP contribution in [0.5, 0.6) is 0 Å². The third kappa shape index (κ3) is 5.33. The zero-order chi connectivity index (χ0) is 14.5. The minimum atomic E-state index is 0.0122. The minimum absolute atomic E-state index is 0.0122. The van der Waals surface area contributed by atoms with Crippen molar-refractivity contribution < 1.29 is 5.11 Å². The first-order chi connectivity index (χ1) is 8.85. The smallest absolute Gasteiger partial charge is 0.0448 e. The number of hydrogen-bond donors (Lipinski definition) is 2. The third-order valence-corrected chi connectivity index (χ3v) is 3.77. The molecular formula is C17H29NO. The van der Waals surface area contributed by atoms with Crippen LogP contribution in [0, 0.1) is 6.92 Å². The van der Waals surface area contributed by atoms with Crippen molar-refractivity contribution in [2.24, 2.45) is 0 Å². The molecule has 0 aliphatic rings. The average molecular weight is 263 g/mol. The van der Waals surface area contributed by atoms with Crippen LogP contribution in [0.1, 0.15) is 56.7 Å². The van der Waals surface area contributed by atoms with Crippen LogP contribution in [0.15, 0.2) is 18.2 Å². The highest BCUT2D eigenvalue weighted by Crippen LogP contribution is 2.19. The molecule has 0 bridgehead atoms. The Labute approximate surface area is 118 Å². The Kier molecular flexibility index (Phi) is 6.02. The number of aliphatic hydroxyl groups is 1. The molecule has 1 aromatic carbocycles. The molecule has 1 rings (SSSR count). The van der Waals surface area contributed by atoms with E-state index in [0.717, 1.165) is 19.4 Å². The van der Waals surface area contributed by atoms with Crippen LogP contribution in [-0.2, 0) is 6.42 Å². The summed E-state index contributed by atoms with van der Waals surface area (Å²) in [5, 5.41) is 12.5. The molecule has 2 N–H and O–H groups in total. The van der Waals surface area contributed by atoms with Crippen LogP contribution in [0.3, 0.4) is 0 Å². The highest BCUT2D eigenvalue weighted by atomic mass is 16.3. The molecule has 0 aromatic heterocycles. The van der Waals surface area contributed by atoms with Crippen LogP contribution >= 0.6 is 0 Å². The molecule has 2 heteroatoms. The maximum atomic E-state index is 9.02. The highest BCUT2D eigenvalue weighted by Gasteiger charge is 2.15. The Morgan fingerprint density at radius 1 is 1.26 bits per heavy atom. The lowest BCUT2D eigenvalue weighted by molar-refractivity contribution is 0.231. The molecule has 0 aliphatic carbocycles. The second-order valence-corrected chi connectivity index (χ2v) is 6.37. The second-order valence-electron chi connectivity index (χ2n) is 6.37. The molecular weight excluding hydrogens is 234 g/mol. The summed E-state index contributed by atoms with van der Waals surface area (Å²) >= 11 is 0. The summed E-state index contributed by atoms with van der Waals surface area (Å²) in [5.41, 5.74) is 4.22. The van der Waals surface area contributed by atoms with E-state index in [1.807, 2.05) is 0 Å². The largest absolute Gasteiger partial charge is 0.396 e. The maximum absolute atomic E-state index is 9.02. The van der Waals surface area contributed by atoms with Crippen LogP contribution in [0.25, 0.3) is 0 Å². The van der Waals surface area contributed by atoms with Crippen LogP contribution in [0.2, 0.25) is 0 Å². The quantitative estimate of drug-likeness (QED) is 0.790. The van der Waals surface area contributed by atoms with Gasteiger partial charge in [-0.25, -0.2) is 0 Å². The second kappa shape index (κ2) is 7.06. The molecule has 0 heterocycles. The predicted molar refractivity (Wildman–Crippen MR) is 82.8 cm³/mol. The van der Waals surface area contributed by atoms with Crippen molar-refractivity contribution in [2.75, 3.05) is 13.2 Å². The van der Waals surface area contributed by atoms with Crippen molar-refractivity contribution >= 4 is 0 Å². The predicted octanol–water partition coefficient (Wildman–Crippen LogP) is 3.41. The van der Waals surface area contributed by atoms with Gasteiger partial charge in [0.25, 0.3) is 0 Å². The van der Waals surface area contributed by atoms with Crippen molar-refractivity contribution in [3.8, 4) is 0 Å². The Bertz CT molecular complexity index is 396. The molecule has 0 radical (unpaired) electrons. The Morgan fingerprint density at radius 3 is 2.53 bits per heavy atom. The first-order valence-electron chi connectivity index (χ1n) is 7.31. The summed E-state index contributed by atoms with van der Waals surface area (Å²) in [6.07, 6.45) is 1.83. The lowest BCUT2D eigenvalue weighted by Gasteiger charge is -2.25. The van der Waals surface area contributed by atoms with Gasteiger partial charge in [-0.15, -0.1) is 0 Å². The van der Waals surface area contributed by atoms with Gasteiger partial charge in [-0.3, -0.25) is 0 Å². The zero-order valence-corrected chi connectivity index (χ0v) is 13.1. The van der Waals surface area contributed by atoms with Gasteiger partial charge < -0.3 is 10.4 Å². The van der Waals surface area contributed by atoms with Crippen molar-refractivity contribution in [1.29, 1.82) is 0 Å². The Balaban J connectivity index is 2.60. The van der Waals surface area contributed by atoms with Gasteiger partial charge in [-0.05, 0) is 62.8 Å². The number of aliphatic hydroxyl groups excluding tert-OH is 1. The van der Waals surface area contributed by atoms with E-state index in [9.17, 15) is 0 Å². The van der Waals surface area contributed by atoms with E-state index in [4.69, 9.17) is 5.11 Å². The summed E-state index contributed by atoms with van der Waals surface area (Å²) in [6, 6.07) is 6.79. The van der Waals surface area contributed by atoms with Gasteiger partial charge >= 0.3 is 0 Å². The van der Waals surface area contributed by atoms with Gasteiger partial charge in [0.15, 0.2) is 0 Å². The molecule has 0 saturated carbocycles. The SMILES string of the molecule is Cc1ccc(C(C)C)cc1CCNC(C)(C)CCO. The Morgan fingerprint density at radius 2 is 1.95 bits per heavy atom. The summed E-state index contributed by atoms with van der Waals surface area (Å²) in [4.78, 5) is 0. The number of rotatable bonds is 7. The molecule has 0 aliphatic heterocycles. The summed E-state index contributed by atoms with van der Waals surface area (Å²) in [6.45, 7) is 12.1. The zero-order valence-electron chi connectivity index (χ0n) is 13.1. The molecule has 2 nitrogen and oxygen atoms in total. The van der Waals surface area contributed by atoms with Gasteiger partial charge in [0.1, 0.15) is 0 Å². The van der Waals surface area contributed by atoms with Gasteiger partial charge in [0, 0.05) is 12.1 Å². The fourth-order valence-electron chi connectivity index (χ4n) is 2.22.